The van der Waals surface area contributed by atoms with Gasteiger partial charge in [0.15, 0.2) is 0 Å². The van der Waals surface area contributed by atoms with E-state index in [0.29, 0.717) is 5.65 Å². The normalized spacial score (nSPS) is 10.6. The van der Waals surface area contributed by atoms with Crippen LogP contribution in [0.5, 0.6) is 0 Å². The van der Waals surface area contributed by atoms with Gasteiger partial charge in [-0.2, -0.15) is 0 Å². The smallest absolute Gasteiger partial charge is 0.290 e. The summed E-state index contributed by atoms with van der Waals surface area (Å²) in [5.74, 6) is 0. The third-order valence-electron chi connectivity index (χ3n) is 2.54. The number of hydrogen-bond acceptors (Lipinski definition) is 3. The van der Waals surface area contributed by atoms with Crippen molar-refractivity contribution in [1.29, 1.82) is 0 Å². The van der Waals surface area contributed by atoms with Gasteiger partial charge in [-0.1, -0.05) is 30.3 Å². The molecule has 1 aromatic carbocycles. The van der Waals surface area contributed by atoms with Crippen molar-refractivity contribution in [3.8, 4) is 11.3 Å². The molecule has 0 spiro atoms. The minimum Gasteiger partial charge on any atom is -0.290 e. The first-order valence-corrected chi connectivity index (χ1v) is 5.24. The number of benzene rings is 1. The van der Waals surface area contributed by atoms with Gasteiger partial charge >= 0.3 is 5.69 Å². The molecule has 0 amide bonds. The minimum atomic E-state index is -0.379. The molecule has 3 aromatic rings. The van der Waals surface area contributed by atoms with E-state index >= 15 is 0 Å². The maximum absolute atomic E-state index is 11.1. The zero-order chi connectivity index (χ0) is 11.7. The fourth-order valence-electron chi connectivity index (χ4n) is 1.71. The van der Waals surface area contributed by atoms with E-state index in [1.807, 2.05) is 42.5 Å². The molecule has 2 heterocycles. The number of fused-ring (bicyclic) bond motifs is 1. The van der Waals surface area contributed by atoms with Gasteiger partial charge < -0.3 is 0 Å². The van der Waals surface area contributed by atoms with Crippen molar-refractivity contribution in [2.75, 3.05) is 0 Å². The maximum atomic E-state index is 11.1. The second kappa shape index (κ2) is 3.83. The molecule has 0 atom stereocenters. The molecule has 0 radical (unpaired) electrons. The Morgan fingerprint density at radius 3 is 2.65 bits per heavy atom. The highest BCUT2D eigenvalue weighted by atomic mass is 16.1. The summed E-state index contributed by atoms with van der Waals surface area (Å²) in [4.78, 5) is 21.8. The fraction of sp³-hybridized carbons (Fsp3) is 0. The molecule has 0 aliphatic rings. The lowest BCUT2D eigenvalue weighted by Gasteiger charge is -2.01. The summed E-state index contributed by atoms with van der Waals surface area (Å²) in [5.41, 5.74) is 2.04. The summed E-state index contributed by atoms with van der Waals surface area (Å²) in [6, 6.07) is 13.6. The van der Waals surface area contributed by atoms with E-state index in [4.69, 9.17) is 0 Å². The SMILES string of the molecule is O=c1ncc2ccc(-c3ccccc3)nc2[nH]1. The Kier molecular flexibility index (Phi) is 2.19. The minimum absolute atomic E-state index is 0.379. The molecule has 1 N–H and O–H groups in total. The molecule has 0 bridgehead atoms. The molecular weight excluding hydrogens is 214 g/mol. The number of nitrogens with one attached hydrogen (secondary N) is 1. The highest BCUT2D eigenvalue weighted by molar-refractivity contribution is 5.77. The van der Waals surface area contributed by atoms with E-state index in [2.05, 4.69) is 15.0 Å². The third kappa shape index (κ3) is 1.80. The van der Waals surface area contributed by atoms with Crippen LogP contribution in [0.2, 0.25) is 0 Å². The van der Waals surface area contributed by atoms with Gasteiger partial charge in [0, 0.05) is 17.1 Å². The zero-order valence-electron chi connectivity index (χ0n) is 8.92. The second-order valence-electron chi connectivity index (χ2n) is 3.69. The van der Waals surface area contributed by atoms with Crippen molar-refractivity contribution >= 4 is 11.0 Å². The summed E-state index contributed by atoms with van der Waals surface area (Å²) in [7, 11) is 0. The lowest BCUT2D eigenvalue weighted by molar-refractivity contribution is 1.10. The molecule has 0 saturated carbocycles. The fourth-order valence-corrected chi connectivity index (χ4v) is 1.71. The van der Waals surface area contributed by atoms with Gasteiger partial charge in [-0.25, -0.2) is 14.8 Å². The Labute approximate surface area is 97.0 Å². The van der Waals surface area contributed by atoms with Gasteiger partial charge in [0.1, 0.15) is 5.65 Å². The first-order valence-electron chi connectivity index (χ1n) is 5.24. The molecular formula is C13H9N3O. The molecule has 0 aliphatic heterocycles. The van der Waals surface area contributed by atoms with Gasteiger partial charge in [-0.3, -0.25) is 4.98 Å². The van der Waals surface area contributed by atoms with Crippen molar-refractivity contribution in [3.05, 3.63) is 59.1 Å². The molecule has 0 fully saturated rings. The summed E-state index contributed by atoms with van der Waals surface area (Å²) in [6.45, 7) is 0. The van der Waals surface area contributed by atoms with Gasteiger partial charge in [0.2, 0.25) is 0 Å². The van der Waals surface area contributed by atoms with Crippen LogP contribution in [-0.4, -0.2) is 15.0 Å². The first kappa shape index (κ1) is 9.72. The van der Waals surface area contributed by atoms with Crippen LogP contribution in [0.4, 0.5) is 0 Å². The maximum Gasteiger partial charge on any atom is 0.346 e. The van der Waals surface area contributed by atoms with Gasteiger partial charge in [-0.15, -0.1) is 0 Å². The standard InChI is InChI=1S/C13H9N3O/c17-13-14-8-10-6-7-11(15-12(10)16-13)9-4-2-1-3-5-9/h1-8H,(H,14,15,16,17). The highest BCUT2D eigenvalue weighted by Gasteiger charge is 2.01. The lowest BCUT2D eigenvalue weighted by atomic mass is 10.1. The van der Waals surface area contributed by atoms with E-state index < -0.39 is 0 Å². The molecule has 17 heavy (non-hydrogen) atoms. The summed E-state index contributed by atoms with van der Waals surface area (Å²) in [6.07, 6.45) is 1.52. The molecule has 82 valence electrons. The van der Waals surface area contributed by atoms with Gasteiger partial charge in [0.05, 0.1) is 5.69 Å². The van der Waals surface area contributed by atoms with Crippen LogP contribution >= 0.6 is 0 Å². The Morgan fingerprint density at radius 2 is 1.82 bits per heavy atom. The third-order valence-corrected chi connectivity index (χ3v) is 2.54. The number of aromatic nitrogens is 3. The zero-order valence-corrected chi connectivity index (χ0v) is 8.92. The Hall–Kier alpha value is -2.49. The topological polar surface area (TPSA) is 58.6 Å². The molecule has 2 aromatic heterocycles. The Balaban J connectivity index is 2.23. The first-order chi connectivity index (χ1) is 8.33. The van der Waals surface area contributed by atoms with E-state index in [-0.39, 0.29) is 5.69 Å². The van der Waals surface area contributed by atoms with Crippen LogP contribution in [0.1, 0.15) is 0 Å². The molecule has 3 rings (SSSR count). The molecule has 4 nitrogen and oxygen atoms in total. The van der Waals surface area contributed by atoms with Crippen LogP contribution in [0.25, 0.3) is 22.3 Å². The molecule has 0 saturated heterocycles. The number of aromatic amines is 1. The Bertz CT molecular complexity index is 719. The van der Waals surface area contributed by atoms with Crippen molar-refractivity contribution in [1.82, 2.24) is 15.0 Å². The molecule has 0 unspecified atom stereocenters. The quantitative estimate of drug-likeness (QED) is 0.686. The molecule has 0 aliphatic carbocycles. The Morgan fingerprint density at radius 1 is 1.00 bits per heavy atom. The largest absolute Gasteiger partial charge is 0.346 e. The van der Waals surface area contributed by atoms with Crippen molar-refractivity contribution in [2.24, 2.45) is 0 Å². The summed E-state index contributed by atoms with van der Waals surface area (Å²) < 4.78 is 0. The number of nitrogens with zero attached hydrogens (tertiary/aromatic N) is 2. The predicted molar refractivity (Wildman–Crippen MR) is 65.6 cm³/mol. The van der Waals surface area contributed by atoms with Crippen LogP contribution in [0, 0.1) is 0 Å². The van der Waals surface area contributed by atoms with E-state index in [0.717, 1.165) is 16.6 Å². The number of rotatable bonds is 1. The average Bonchev–Trinajstić information content (AvgIpc) is 2.39. The summed E-state index contributed by atoms with van der Waals surface area (Å²) in [5, 5.41) is 0.823. The number of H-pyrrole nitrogens is 1. The predicted octanol–water partition coefficient (Wildman–Crippen LogP) is 1.99. The number of hydrogen-bond donors (Lipinski definition) is 1. The van der Waals surface area contributed by atoms with Gasteiger partial charge in [-0.05, 0) is 12.1 Å². The van der Waals surface area contributed by atoms with Crippen molar-refractivity contribution in [3.63, 3.8) is 0 Å². The lowest BCUT2D eigenvalue weighted by Crippen LogP contribution is -2.09. The average molecular weight is 223 g/mol. The van der Waals surface area contributed by atoms with Crippen molar-refractivity contribution in [2.45, 2.75) is 0 Å². The highest BCUT2D eigenvalue weighted by Crippen LogP contribution is 2.18. The van der Waals surface area contributed by atoms with E-state index in [9.17, 15) is 4.79 Å². The number of pyridine rings is 1. The van der Waals surface area contributed by atoms with E-state index in [1.165, 1.54) is 6.20 Å². The second-order valence-corrected chi connectivity index (χ2v) is 3.69. The molecule has 4 heteroatoms. The van der Waals surface area contributed by atoms with Crippen LogP contribution < -0.4 is 5.69 Å². The monoisotopic (exact) mass is 223 g/mol. The van der Waals surface area contributed by atoms with Crippen LogP contribution in [-0.2, 0) is 0 Å². The van der Waals surface area contributed by atoms with E-state index in [1.54, 1.807) is 0 Å². The van der Waals surface area contributed by atoms with Crippen LogP contribution in [0.15, 0.2) is 53.5 Å². The van der Waals surface area contributed by atoms with Crippen molar-refractivity contribution < 1.29 is 0 Å². The summed E-state index contributed by atoms with van der Waals surface area (Å²) >= 11 is 0. The van der Waals surface area contributed by atoms with Crippen LogP contribution in [0.3, 0.4) is 0 Å². The van der Waals surface area contributed by atoms with Gasteiger partial charge in [0.25, 0.3) is 0 Å².